The van der Waals surface area contributed by atoms with Crippen molar-refractivity contribution < 1.29 is 8.22 Å². The third-order valence-corrected chi connectivity index (χ3v) is 3.94. The molecule has 0 saturated heterocycles. The van der Waals surface area contributed by atoms with E-state index in [4.69, 9.17) is 5.26 Å². The molecule has 0 heterocycles. The first kappa shape index (κ1) is 10.6. The van der Waals surface area contributed by atoms with Gasteiger partial charge in [0.1, 0.15) is 0 Å². The number of nitrogens with zero attached hydrogens (tertiary/aromatic N) is 1. The van der Waals surface area contributed by atoms with Gasteiger partial charge in [-0.05, 0) is 13.0 Å². The van der Waals surface area contributed by atoms with Crippen LogP contribution in [0.1, 0.15) is 26.2 Å². The van der Waals surface area contributed by atoms with Gasteiger partial charge in [0, 0.05) is 12.0 Å². The maximum Gasteiger partial charge on any atom is 0.425 e. The predicted molar refractivity (Wildman–Crippen MR) is 42.7 cm³/mol. The summed E-state index contributed by atoms with van der Waals surface area (Å²) in [5, 5.41) is 8.20. The van der Waals surface area contributed by atoms with Gasteiger partial charge in [-0.15, -0.1) is 0 Å². The van der Waals surface area contributed by atoms with Crippen molar-refractivity contribution in [1.29, 1.82) is 5.26 Å². The summed E-state index contributed by atoms with van der Waals surface area (Å²) in [5.41, 5.74) is -0.498. The van der Waals surface area contributed by atoms with Crippen molar-refractivity contribution in [2.45, 2.75) is 38.3 Å². The molecule has 0 aromatic carbocycles. The Morgan fingerprint density at radius 2 is 2.09 bits per heavy atom. The average molecular weight is 177 g/mol. The molecule has 0 N–H and O–H groups in total. The molecule has 0 spiro atoms. The Morgan fingerprint density at radius 1 is 1.55 bits per heavy atom. The molecule has 1 unspecified atom stereocenters. The van der Waals surface area contributed by atoms with Crippen LogP contribution in [0, 0.1) is 11.3 Å². The van der Waals surface area contributed by atoms with Crippen LogP contribution in [-0.2, 0) is 0 Å². The molecule has 0 saturated carbocycles. The summed E-state index contributed by atoms with van der Waals surface area (Å²) in [6, 6.07) is 1.89. The molecule has 0 bridgehead atoms. The van der Waals surface area contributed by atoms with E-state index >= 15 is 0 Å². The molecular formula is C7H13F2NSi. The van der Waals surface area contributed by atoms with Crippen LogP contribution in [0.4, 0.5) is 8.22 Å². The van der Waals surface area contributed by atoms with E-state index in [0.29, 0.717) is 12.8 Å². The highest BCUT2D eigenvalue weighted by atomic mass is 28.4. The smallest absolute Gasteiger partial charge is 0.270 e. The van der Waals surface area contributed by atoms with Gasteiger partial charge in [-0.25, -0.2) is 0 Å². The van der Waals surface area contributed by atoms with Gasteiger partial charge in [-0.1, -0.05) is 13.3 Å². The first-order valence-electron chi connectivity index (χ1n) is 3.77. The van der Waals surface area contributed by atoms with Crippen molar-refractivity contribution in [3.63, 3.8) is 0 Å². The molecule has 4 heteroatoms. The van der Waals surface area contributed by atoms with E-state index in [9.17, 15) is 8.22 Å². The van der Waals surface area contributed by atoms with Crippen LogP contribution in [-0.4, -0.2) is 8.74 Å². The Labute approximate surface area is 67.4 Å². The summed E-state index contributed by atoms with van der Waals surface area (Å²) in [4.78, 5) is 0. The maximum atomic E-state index is 12.7. The summed E-state index contributed by atoms with van der Waals surface area (Å²) in [6.07, 6.45) is 1.12. The molecule has 1 nitrogen and oxygen atoms in total. The molecular weight excluding hydrogens is 164 g/mol. The lowest BCUT2D eigenvalue weighted by Gasteiger charge is -2.17. The number of hydrogen-bond acceptors (Lipinski definition) is 1. The van der Waals surface area contributed by atoms with Crippen molar-refractivity contribution >= 4 is 8.74 Å². The fourth-order valence-corrected chi connectivity index (χ4v) is 2.42. The molecule has 0 aliphatic heterocycles. The van der Waals surface area contributed by atoms with Crippen LogP contribution in [0.3, 0.4) is 0 Å². The fourth-order valence-electron chi connectivity index (χ4n) is 1.05. The summed E-state index contributed by atoms with van der Waals surface area (Å²) in [7, 11) is -3.97. The zero-order valence-electron chi connectivity index (χ0n) is 6.90. The summed E-state index contributed by atoms with van der Waals surface area (Å²) < 4.78 is 25.5. The van der Waals surface area contributed by atoms with E-state index in [2.05, 4.69) is 0 Å². The molecule has 11 heavy (non-hydrogen) atoms. The molecule has 0 radical (unpaired) electrons. The number of nitriles is 1. The molecule has 1 atom stereocenters. The molecule has 64 valence electrons. The zero-order valence-corrected chi connectivity index (χ0v) is 7.90. The van der Waals surface area contributed by atoms with Crippen LogP contribution in [0.15, 0.2) is 0 Å². The van der Waals surface area contributed by atoms with Gasteiger partial charge in [0.15, 0.2) is 0 Å². The highest BCUT2D eigenvalue weighted by molar-refractivity contribution is 6.66. The largest absolute Gasteiger partial charge is 0.425 e. The number of halogens is 2. The highest BCUT2D eigenvalue weighted by Crippen LogP contribution is 2.31. The van der Waals surface area contributed by atoms with Gasteiger partial charge in [-0.2, -0.15) is 5.26 Å². The molecule has 0 amide bonds. The minimum absolute atomic E-state index is 0.259. The topological polar surface area (TPSA) is 23.8 Å². The lowest BCUT2D eigenvalue weighted by Crippen LogP contribution is -2.24. The standard InChI is InChI=1S/C7H13F2NSi/c1-3-7(5-4-6-10)11(2,8)9/h7H,3-5H2,1-2H3. The lowest BCUT2D eigenvalue weighted by atomic mass is 10.2. The summed E-state index contributed by atoms with van der Waals surface area (Å²) in [6.45, 7) is 2.81. The average Bonchev–Trinajstić information content (AvgIpc) is 1.87. The lowest BCUT2D eigenvalue weighted by molar-refractivity contribution is 0.529. The van der Waals surface area contributed by atoms with E-state index in [0.717, 1.165) is 6.55 Å². The van der Waals surface area contributed by atoms with Gasteiger partial charge >= 0.3 is 8.74 Å². The van der Waals surface area contributed by atoms with Gasteiger partial charge in [-0.3, -0.25) is 8.22 Å². The Kier molecular flexibility index (Phi) is 4.27. The van der Waals surface area contributed by atoms with Gasteiger partial charge in [0.2, 0.25) is 0 Å². The van der Waals surface area contributed by atoms with Crippen molar-refractivity contribution in [3.05, 3.63) is 0 Å². The zero-order chi connectivity index (χ0) is 8.91. The second kappa shape index (κ2) is 4.45. The van der Waals surface area contributed by atoms with E-state index in [1.54, 1.807) is 6.92 Å². The quantitative estimate of drug-likeness (QED) is 0.478. The molecule has 0 aliphatic carbocycles. The second-order valence-corrected chi connectivity index (χ2v) is 5.49. The van der Waals surface area contributed by atoms with Gasteiger partial charge in [0.05, 0.1) is 6.07 Å². The highest BCUT2D eigenvalue weighted by Gasteiger charge is 2.37. The summed E-state index contributed by atoms with van der Waals surface area (Å²) >= 11 is 0. The van der Waals surface area contributed by atoms with Gasteiger partial charge < -0.3 is 0 Å². The van der Waals surface area contributed by atoms with E-state index in [-0.39, 0.29) is 6.42 Å². The second-order valence-electron chi connectivity index (χ2n) is 2.76. The van der Waals surface area contributed by atoms with E-state index in [1.165, 1.54) is 0 Å². The summed E-state index contributed by atoms with van der Waals surface area (Å²) in [5.74, 6) is 0. The van der Waals surface area contributed by atoms with E-state index < -0.39 is 14.3 Å². The fraction of sp³-hybridized carbons (Fsp3) is 0.857. The van der Waals surface area contributed by atoms with Crippen molar-refractivity contribution in [2.24, 2.45) is 0 Å². The van der Waals surface area contributed by atoms with Crippen molar-refractivity contribution in [3.8, 4) is 6.07 Å². The Morgan fingerprint density at radius 3 is 2.36 bits per heavy atom. The third-order valence-electron chi connectivity index (χ3n) is 1.81. The van der Waals surface area contributed by atoms with Gasteiger partial charge in [0.25, 0.3) is 0 Å². The third kappa shape index (κ3) is 4.09. The van der Waals surface area contributed by atoms with Crippen LogP contribution < -0.4 is 0 Å². The van der Waals surface area contributed by atoms with E-state index in [1.807, 2.05) is 6.07 Å². The first-order chi connectivity index (χ1) is 5.02. The Hall–Kier alpha value is -0.433. The molecule has 0 aromatic rings. The van der Waals surface area contributed by atoms with Crippen LogP contribution in [0.2, 0.25) is 12.1 Å². The normalized spacial score (nSPS) is 14.1. The minimum atomic E-state index is -3.97. The molecule has 0 aromatic heterocycles. The minimum Gasteiger partial charge on any atom is -0.270 e. The molecule has 0 fully saturated rings. The van der Waals surface area contributed by atoms with Crippen LogP contribution in [0.25, 0.3) is 0 Å². The van der Waals surface area contributed by atoms with Crippen LogP contribution >= 0.6 is 0 Å². The van der Waals surface area contributed by atoms with Crippen LogP contribution in [0.5, 0.6) is 0 Å². The van der Waals surface area contributed by atoms with Crippen molar-refractivity contribution in [2.75, 3.05) is 0 Å². The first-order valence-corrected chi connectivity index (χ1v) is 6.10. The molecule has 0 rings (SSSR count). The number of rotatable bonds is 4. The Balaban J connectivity index is 3.88. The SMILES string of the molecule is CCC(CCC#N)[Si](C)(F)F. The monoisotopic (exact) mass is 177 g/mol. The molecule has 0 aliphatic rings. The Bertz CT molecular complexity index is 148. The number of hydrogen-bond donors (Lipinski definition) is 0. The predicted octanol–water partition coefficient (Wildman–Crippen LogP) is 3.08. The maximum absolute atomic E-state index is 12.7. The van der Waals surface area contributed by atoms with Crippen molar-refractivity contribution in [1.82, 2.24) is 0 Å².